The van der Waals surface area contributed by atoms with Crippen molar-refractivity contribution in [3.05, 3.63) is 23.5 Å². The Labute approximate surface area is 153 Å². The topological polar surface area (TPSA) is 64.6 Å². The third kappa shape index (κ3) is 5.33. The minimum Gasteiger partial charge on any atom is -0.506 e. The van der Waals surface area contributed by atoms with Gasteiger partial charge in [-0.05, 0) is 50.3 Å². The smallest absolute Gasteiger partial charge is 0.154 e. The van der Waals surface area contributed by atoms with Crippen molar-refractivity contribution in [3.63, 3.8) is 0 Å². The standard InChI is InChI=1S/C18H28FN3O2S/c1-12(2)10-14-5-6-15(21-14)11-13-4-7-16(24)18(17(13)19)22(8-9-23)25-20-3/h4,7,9,12,14-15,20-21,24H,5-6,8,10-11H2,1-3H3. The number of rotatable bonds is 9. The van der Waals surface area contributed by atoms with Crippen LogP contribution in [-0.2, 0) is 11.2 Å². The summed E-state index contributed by atoms with van der Waals surface area (Å²) in [5.41, 5.74) is 0.615. The molecular formula is C18H28FN3O2S. The van der Waals surface area contributed by atoms with Crippen molar-refractivity contribution in [2.45, 2.75) is 51.6 Å². The highest BCUT2D eigenvalue weighted by Crippen LogP contribution is 2.36. The second-order valence-electron chi connectivity index (χ2n) is 6.90. The van der Waals surface area contributed by atoms with Gasteiger partial charge in [-0.3, -0.25) is 4.31 Å². The van der Waals surface area contributed by atoms with Crippen molar-refractivity contribution in [1.82, 2.24) is 10.0 Å². The van der Waals surface area contributed by atoms with Crippen LogP contribution in [0.1, 0.15) is 38.7 Å². The van der Waals surface area contributed by atoms with Gasteiger partial charge in [-0.2, -0.15) is 0 Å². The average Bonchev–Trinajstić information content (AvgIpc) is 2.97. The summed E-state index contributed by atoms with van der Waals surface area (Å²) in [4.78, 5) is 10.9. The molecule has 3 N–H and O–H groups in total. The second-order valence-corrected chi connectivity index (χ2v) is 7.93. The van der Waals surface area contributed by atoms with Crippen LogP contribution in [0.15, 0.2) is 12.1 Å². The van der Waals surface area contributed by atoms with Gasteiger partial charge in [-0.15, -0.1) is 0 Å². The predicted octanol–water partition coefficient (Wildman–Crippen LogP) is 3.03. The number of nitrogens with zero attached hydrogens (tertiary/aromatic N) is 1. The van der Waals surface area contributed by atoms with Gasteiger partial charge in [0.25, 0.3) is 0 Å². The zero-order valence-electron chi connectivity index (χ0n) is 15.1. The lowest BCUT2D eigenvalue weighted by Gasteiger charge is -2.23. The number of phenolic OH excluding ortho intramolecular Hbond substituents is 1. The molecule has 2 unspecified atom stereocenters. The van der Waals surface area contributed by atoms with Gasteiger partial charge < -0.3 is 15.2 Å². The first-order valence-electron chi connectivity index (χ1n) is 8.77. The summed E-state index contributed by atoms with van der Waals surface area (Å²) < 4.78 is 19.2. The maximum Gasteiger partial charge on any atom is 0.154 e. The number of phenols is 1. The molecule has 0 aromatic heterocycles. The molecule has 1 aromatic rings. The number of nitrogens with one attached hydrogen (secondary N) is 2. The van der Waals surface area contributed by atoms with E-state index in [2.05, 4.69) is 23.9 Å². The zero-order valence-corrected chi connectivity index (χ0v) is 15.9. The van der Waals surface area contributed by atoms with Crippen molar-refractivity contribution in [2.24, 2.45) is 5.92 Å². The molecule has 0 amide bonds. The van der Waals surface area contributed by atoms with E-state index in [4.69, 9.17) is 0 Å². The van der Waals surface area contributed by atoms with E-state index < -0.39 is 5.82 Å². The van der Waals surface area contributed by atoms with Crippen molar-refractivity contribution in [2.75, 3.05) is 17.9 Å². The van der Waals surface area contributed by atoms with Crippen LogP contribution in [0.2, 0.25) is 0 Å². The summed E-state index contributed by atoms with van der Waals surface area (Å²) >= 11 is 1.08. The molecule has 1 fully saturated rings. The lowest BCUT2D eigenvalue weighted by molar-refractivity contribution is -0.106. The van der Waals surface area contributed by atoms with Crippen molar-refractivity contribution < 1.29 is 14.3 Å². The fraction of sp³-hybridized carbons (Fsp3) is 0.611. The zero-order chi connectivity index (χ0) is 18.4. The van der Waals surface area contributed by atoms with E-state index in [0.29, 0.717) is 30.2 Å². The minimum absolute atomic E-state index is 0.0163. The fourth-order valence-electron chi connectivity index (χ4n) is 3.43. The number of carbonyl (C=O) groups excluding carboxylic acids is 1. The number of halogens is 1. The number of anilines is 1. The molecular weight excluding hydrogens is 341 g/mol. The van der Waals surface area contributed by atoms with Gasteiger partial charge in [0, 0.05) is 24.2 Å². The van der Waals surface area contributed by atoms with Crippen LogP contribution in [-0.4, -0.2) is 37.1 Å². The Balaban J connectivity index is 2.14. The Morgan fingerprint density at radius 1 is 1.44 bits per heavy atom. The number of aromatic hydroxyl groups is 1. The van der Waals surface area contributed by atoms with Crippen LogP contribution in [0, 0.1) is 11.7 Å². The maximum absolute atomic E-state index is 15.0. The van der Waals surface area contributed by atoms with Gasteiger partial charge in [-0.1, -0.05) is 19.9 Å². The van der Waals surface area contributed by atoms with Crippen molar-refractivity contribution in [1.29, 1.82) is 0 Å². The summed E-state index contributed by atoms with van der Waals surface area (Å²) in [5, 5.41) is 13.7. The quantitative estimate of drug-likeness (QED) is 0.459. The van der Waals surface area contributed by atoms with Gasteiger partial charge in [-0.25, -0.2) is 9.11 Å². The maximum atomic E-state index is 15.0. The van der Waals surface area contributed by atoms with Crippen LogP contribution in [0.3, 0.4) is 0 Å². The molecule has 25 heavy (non-hydrogen) atoms. The SMILES string of the molecule is CNSN(CC=O)c1c(O)ccc(CC2CCC(CC(C)C)N2)c1F. The highest BCUT2D eigenvalue weighted by atomic mass is 32.2. The van der Waals surface area contributed by atoms with E-state index in [1.807, 2.05) is 0 Å². The third-order valence-corrected chi connectivity index (χ3v) is 5.16. The van der Waals surface area contributed by atoms with Gasteiger partial charge in [0.15, 0.2) is 5.82 Å². The molecule has 7 heteroatoms. The van der Waals surface area contributed by atoms with Gasteiger partial charge in [0.05, 0.1) is 6.54 Å². The normalized spacial score (nSPS) is 20.2. The molecule has 1 aromatic carbocycles. The molecule has 140 valence electrons. The van der Waals surface area contributed by atoms with Crippen molar-refractivity contribution >= 4 is 24.1 Å². The lowest BCUT2D eigenvalue weighted by atomic mass is 10.0. The monoisotopic (exact) mass is 369 g/mol. The second kappa shape index (κ2) is 9.40. The summed E-state index contributed by atoms with van der Waals surface area (Å²) in [6, 6.07) is 3.88. The molecule has 5 nitrogen and oxygen atoms in total. The summed E-state index contributed by atoms with van der Waals surface area (Å²) in [6.07, 6.45) is 4.53. The summed E-state index contributed by atoms with van der Waals surface area (Å²) in [5.74, 6) is 0.0188. The van der Waals surface area contributed by atoms with Crippen LogP contribution in [0.5, 0.6) is 5.75 Å². The van der Waals surface area contributed by atoms with Gasteiger partial charge >= 0.3 is 0 Å². The van der Waals surface area contributed by atoms with E-state index in [1.165, 1.54) is 10.4 Å². The molecule has 2 rings (SSSR count). The van der Waals surface area contributed by atoms with E-state index in [-0.39, 0.29) is 24.0 Å². The highest BCUT2D eigenvalue weighted by molar-refractivity contribution is 7.98. The molecule has 1 saturated heterocycles. The number of hydrogen-bond donors (Lipinski definition) is 3. The van der Waals surface area contributed by atoms with Gasteiger partial charge in [0.1, 0.15) is 17.7 Å². The Bertz CT molecular complexity index is 586. The van der Waals surface area contributed by atoms with Crippen LogP contribution in [0.4, 0.5) is 10.1 Å². The number of hydrogen-bond acceptors (Lipinski definition) is 6. The van der Waals surface area contributed by atoms with Crippen molar-refractivity contribution in [3.8, 4) is 5.75 Å². The average molecular weight is 370 g/mol. The Kier molecular flexibility index (Phi) is 7.53. The Morgan fingerprint density at radius 3 is 2.80 bits per heavy atom. The number of benzene rings is 1. The van der Waals surface area contributed by atoms with Crippen LogP contribution < -0.4 is 14.3 Å². The molecule has 1 heterocycles. The van der Waals surface area contributed by atoms with Gasteiger partial charge in [0.2, 0.25) is 0 Å². The van der Waals surface area contributed by atoms with E-state index >= 15 is 4.39 Å². The molecule has 0 aliphatic carbocycles. The molecule has 0 saturated carbocycles. The molecule has 0 spiro atoms. The number of carbonyl (C=O) groups is 1. The highest BCUT2D eigenvalue weighted by Gasteiger charge is 2.27. The van der Waals surface area contributed by atoms with E-state index in [0.717, 1.165) is 31.4 Å². The third-order valence-electron chi connectivity index (χ3n) is 4.42. The Morgan fingerprint density at radius 2 is 2.16 bits per heavy atom. The molecule has 1 aliphatic rings. The summed E-state index contributed by atoms with van der Waals surface area (Å²) in [7, 11) is 1.68. The molecule has 0 radical (unpaired) electrons. The van der Waals surface area contributed by atoms with E-state index in [1.54, 1.807) is 13.1 Å². The first-order valence-corrected chi connectivity index (χ1v) is 9.54. The minimum atomic E-state index is -0.460. The lowest BCUT2D eigenvalue weighted by Crippen LogP contribution is -2.32. The molecule has 1 aliphatic heterocycles. The first kappa shape index (κ1) is 20.0. The van der Waals surface area contributed by atoms with Crippen LogP contribution >= 0.6 is 12.1 Å². The summed E-state index contributed by atoms with van der Waals surface area (Å²) in [6.45, 7) is 4.40. The molecule has 2 atom stereocenters. The molecule has 0 bridgehead atoms. The predicted molar refractivity (Wildman–Crippen MR) is 101 cm³/mol. The van der Waals surface area contributed by atoms with Crippen LogP contribution in [0.25, 0.3) is 0 Å². The number of aldehydes is 1. The first-order chi connectivity index (χ1) is 12.0. The largest absolute Gasteiger partial charge is 0.506 e. The fourth-order valence-corrected chi connectivity index (χ4v) is 4.05. The van der Waals surface area contributed by atoms with E-state index in [9.17, 15) is 9.90 Å². The Hall–Kier alpha value is -1.31.